The Hall–Kier alpha value is -3.02. The number of aryl methyl sites for hydroxylation is 2. The van der Waals surface area contributed by atoms with Gasteiger partial charge >= 0.3 is 11.9 Å². The molecular formula is C19H20O6. The third kappa shape index (κ3) is 5.53. The molecular weight excluding hydrogens is 324 g/mol. The molecule has 0 saturated carbocycles. The maximum Gasteiger partial charge on any atom is 0.308 e. The molecule has 6 heteroatoms. The lowest BCUT2D eigenvalue weighted by molar-refractivity contribution is -0.132. The van der Waals surface area contributed by atoms with Gasteiger partial charge in [0, 0.05) is 26.0 Å². The number of benzene rings is 2. The van der Waals surface area contributed by atoms with E-state index in [0.29, 0.717) is 30.8 Å². The Balaban J connectivity index is 2.08. The third-order valence-electron chi connectivity index (χ3n) is 3.50. The Morgan fingerprint density at radius 1 is 0.800 bits per heavy atom. The van der Waals surface area contributed by atoms with Crippen LogP contribution >= 0.6 is 0 Å². The van der Waals surface area contributed by atoms with Gasteiger partial charge in [0.05, 0.1) is 0 Å². The van der Waals surface area contributed by atoms with Crippen molar-refractivity contribution in [3.8, 4) is 23.0 Å². The van der Waals surface area contributed by atoms with Crippen molar-refractivity contribution in [1.29, 1.82) is 0 Å². The molecule has 0 spiro atoms. The molecule has 0 radical (unpaired) electrons. The first kappa shape index (κ1) is 18.3. The number of phenols is 2. The Bertz CT molecular complexity index is 716. The summed E-state index contributed by atoms with van der Waals surface area (Å²) in [6.45, 7) is 2.60. The van der Waals surface area contributed by atoms with Gasteiger partial charge in [0.25, 0.3) is 0 Å². The second-order valence-corrected chi connectivity index (χ2v) is 5.62. The average molecular weight is 344 g/mol. The van der Waals surface area contributed by atoms with Crippen LogP contribution in [0.4, 0.5) is 0 Å². The summed E-state index contributed by atoms with van der Waals surface area (Å²) in [7, 11) is 0. The number of esters is 2. The first-order valence-electron chi connectivity index (χ1n) is 7.86. The van der Waals surface area contributed by atoms with Crippen LogP contribution in [0.25, 0.3) is 0 Å². The molecule has 132 valence electrons. The highest BCUT2D eigenvalue weighted by Crippen LogP contribution is 2.28. The van der Waals surface area contributed by atoms with Crippen molar-refractivity contribution in [2.75, 3.05) is 0 Å². The van der Waals surface area contributed by atoms with Gasteiger partial charge in [-0.15, -0.1) is 0 Å². The Kier molecular flexibility index (Phi) is 6.00. The zero-order valence-corrected chi connectivity index (χ0v) is 14.1. The summed E-state index contributed by atoms with van der Waals surface area (Å²) in [6, 6.07) is 9.29. The van der Waals surface area contributed by atoms with Crippen LogP contribution in [-0.2, 0) is 22.4 Å². The van der Waals surface area contributed by atoms with Crippen molar-refractivity contribution in [1.82, 2.24) is 0 Å². The highest BCUT2D eigenvalue weighted by atomic mass is 16.5. The van der Waals surface area contributed by atoms with E-state index in [1.807, 2.05) is 0 Å². The van der Waals surface area contributed by atoms with Gasteiger partial charge in [-0.1, -0.05) is 12.1 Å². The zero-order valence-electron chi connectivity index (χ0n) is 14.1. The average Bonchev–Trinajstić information content (AvgIpc) is 2.50. The molecule has 2 rings (SSSR count). The number of ether oxygens (including phenoxy) is 2. The summed E-state index contributed by atoms with van der Waals surface area (Å²) >= 11 is 0. The molecule has 0 unspecified atom stereocenters. The van der Waals surface area contributed by atoms with Gasteiger partial charge in [-0.05, 0) is 42.5 Å². The first-order chi connectivity index (χ1) is 11.8. The van der Waals surface area contributed by atoms with Crippen molar-refractivity contribution in [3.05, 3.63) is 47.5 Å². The van der Waals surface area contributed by atoms with Crippen molar-refractivity contribution in [3.63, 3.8) is 0 Å². The van der Waals surface area contributed by atoms with Crippen molar-refractivity contribution < 1.29 is 29.3 Å². The fourth-order valence-electron chi connectivity index (χ4n) is 2.47. The molecule has 6 nitrogen and oxygen atoms in total. The molecule has 0 heterocycles. The van der Waals surface area contributed by atoms with Crippen LogP contribution in [-0.4, -0.2) is 22.2 Å². The van der Waals surface area contributed by atoms with Crippen LogP contribution in [0.15, 0.2) is 36.4 Å². The quantitative estimate of drug-likeness (QED) is 0.618. The van der Waals surface area contributed by atoms with E-state index in [2.05, 4.69) is 0 Å². The smallest absolute Gasteiger partial charge is 0.308 e. The summed E-state index contributed by atoms with van der Waals surface area (Å²) in [5.74, 6) is -0.201. The molecule has 25 heavy (non-hydrogen) atoms. The van der Waals surface area contributed by atoms with Crippen molar-refractivity contribution >= 4 is 11.9 Å². The van der Waals surface area contributed by atoms with Gasteiger partial charge in [-0.3, -0.25) is 9.59 Å². The van der Waals surface area contributed by atoms with Crippen molar-refractivity contribution in [2.45, 2.75) is 33.1 Å². The molecule has 0 bridgehead atoms. The van der Waals surface area contributed by atoms with Crippen molar-refractivity contribution in [2.24, 2.45) is 0 Å². The van der Waals surface area contributed by atoms with Gasteiger partial charge in [0.15, 0.2) is 0 Å². The van der Waals surface area contributed by atoms with E-state index >= 15 is 0 Å². The van der Waals surface area contributed by atoms with E-state index in [1.165, 1.54) is 38.1 Å². The normalized spacial score (nSPS) is 10.3. The summed E-state index contributed by atoms with van der Waals surface area (Å²) in [5.41, 5.74) is 1.58. The molecule has 0 fully saturated rings. The molecule has 2 aromatic carbocycles. The summed E-state index contributed by atoms with van der Waals surface area (Å²) < 4.78 is 10.2. The Morgan fingerprint density at radius 2 is 1.20 bits per heavy atom. The Labute approximate surface area is 145 Å². The number of carbonyl (C=O) groups excluding carboxylic acids is 2. The maximum atomic E-state index is 11.2. The van der Waals surface area contributed by atoms with Crippen LogP contribution in [0.3, 0.4) is 0 Å². The fourth-order valence-corrected chi connectivity index (χ4v) is 2.47. The number of carbonyl (C=O) groups is 2. The van der Waals surface area contributed by atoms with Crippen LogP contribution < -0.4 is 9.47 Å². The standard InChI is InChI=1S/C19H20O6/c1-12(20)24-18-10-16(22)8-6-14(18)4-3-5-15-7-9-17(23)11-19(15)25-13(2)21/h6-11,22-23H,3-5H2,1-2H3. The topological polar surface area (TPSA) is 93.1 Å². The number of hydrogen-bond donors (Lipinski definition) is 2. The van der Waals surface area contributed by atoms with E-state index in [0.717, 1.165) is 11.1 Å². The molecule has 0 aliphatic heterocycles. The number of rotatable bonds is 6. The maximum absolute atomic E-state index is 11.2. The molecule has 0 aliphatic rings. The van der Waals surface area contributed by atoms with Gasteiger partial charge in [0.2, 0.25) is 0 Å². The number of phenolic OH excluding ortho intramolecular Hbond substituents is 2. The molecule has 0 atom stereocenters. The van der Waals surface area contributed by atoms with Gasteiger partial charge in [-0.2, -0.15) is 0 Å². The lowest BCUT2D eigenvalue weighted by atomic mass is 10.0. The minimum absolute atomic E-state index is 0.0238. The molecule has 2 N–H and O–H groups in total. The highest BCUT2D eigenvalue weighted by Gasteiger charge is 2.11. The van der Waals surface area contributed by atoms with Gasteiger partial charge in [0.1, 0.15) is 23.0 Å². The van der Waals surface area contributed by atoms with Gasteiger partial charge < -0.3 is 19.7 Å². The molecule has 0 amide bonds. The van der Waals surface area contributed by atoms with Gasteiger partial charge in [-0.25, -0.2) is 0 Å². The van der Waals surface area contributed by atoms with E-state index in [9.17, 15) is 19.8 Å². The van der Waals surface area contributed by atoms with Crippen LogP contribution in [0.1, 0.15) is 31.4 Å². The van der Waals surface area contributed by atoms with Crippen LogP contribution in [0, 0.1) is 0 Å². The van der Waals surface area contributed by atoms with E-state index in [4.69, 9.17) is 9.47 Å². The zero-order chi connectivity index (χ0) is 18.4. The fraction of sp³-hybridized carbons (Fsp3) is 0.263. The largest absolute Gasteiger partial charge is 0.508 e. The predicted octanol–water partition coefficient (Wildman–Crippen LogP) is 3.12. The molecule has 0 aliphatic carbocycles. The van der Waals surface area contributed by atoms with E-state index in [1.54, 1.807) is 12.1 Å². The summed E-state index contributed by atoms with van der Waals surface area (Å²) in [4.78, 5) is 22.4. The highest BCUT2D eigenvalue weighted by molar-refractivity contribution is 5.70. The minimum atomic E-state index is -0.456. The third-order valence-corrected chi connectivity index (χ3v) is 3.50. The molecule has 2 aromatic rings. The SMILES string of the molecule is CC(=O)Oc1cc(O)ccc1CCCc1ccc(O)cc1OC(C)=O. The monoisotopic (exact) mass is 344 g/mol. The van der Waals surface area contributed by atoms with Crippen LogP contribution in [0.5, 0.6) is 23.0 Å². The lowest BCUT2D eigenvalue weighted by Crippen LogP contribution is -2.05. The minimum Gasteiger partial charge on any atom is -0.508 e. The predicted molar refractivity (Wildman–Crippen MR) is 90.9 cm³/mol. The second kappa shape index (κ2) is 8.19. The molecule has 0 aromatic heterocycles. The van der Waals surface area contributed by atoms with E-state index in [-0.39, 0.29) is 11.5 Å². The first-order valence-corrected chi connectivity index (χ1v) is 7.86. The van der Waals surface area contributed by atoms with Crippen LogP contribution in [0.2, 0.25) is 0 Å². The number of aromatic hydroxyl groups is 2. The second-order valence-electron chi connectivity index (χ2n) is 5.62. The molecule has 0 saturated heterocycles. The lowest BCUT2D eigenvalue weighted by Gasteiger charge is -2.11. The van der Waals surface area contributed by atoms with E-state index < -0.39 is 11.9 Å². The summed E-state index contributed by atoms with van der Waals surface area (Å²) in [5, 5.41) is 19.1. The summed E-state index contributed by atoms with van der Waals surface area (Å²) in [6.07, 6.45) is 1.89. The Morgan fingerprint density at radius 3 is 1.56 bits per heavy atom. The number of hydrogen-bond acceptors (Lipinski definition) is 6.